The number of hydrogen-bond acceptors (Lipinski definition) is 2. The van der Waals surface area contributed by atoms with Gasteiger partial charge in [0.15, 0.2) is 0 Å². The summed E-state index contributed by atoms with van der Waals surface area (Å²) in [6.07, 6.45) is 0. The Morgan fingerprint density at radius 2 is 2.00 bits per heavy atom. The van der Waals surface area contributed by atoms with Crippen LogP contribution in [0.25, 0.3) is 0 Å². The van der Waals surface area contributed by atoms with Crippen LogP contribution in [0, 0.1) is 0 Å². The zero-order chi connectivity index (χ0) is 11.6. The highest BCUT2D eigenvalue weighted by Crippen LogP contribution is 2.26. The van der Waals surface area contributed by atoms with Crippen molar-refractivity contribution in [3.63, 3.8) is 0 Å². The SMILES string of the molecule is O=S(=O)(Nc1ccc(Br)c(Cl)c1)C(F)F. The van der Waals surface area contributed by atoms with E-state index in [1.807, 2.05) is 0 Å². The monoisotopic (exact) mass is 319 g/mol. The topological polar surface area (TPSA) is 46.2 Å². The van der Waals surface area contributed by atoms with Crippen LogP contribution in [0.15, 0.2) is 22.7 Å². The summed E-state index contributed by atoms with van der Waals surface area (Å²) in [4.78, 5) is 0. The maximum atomic E-state index is 12.0. The molecular formula is C7H5BrClF2NO2S. The summed E-state index contributed by atoms with van der Waals surface area (Å²) < 4.78 is 47.8. The minimum atomic E-state index is -4.64. The summed E-state index contributed by atoms with van der Waals surface area (Å²) >= 11 is 8.73. The summed E-state index contributed by atoms with van der Waals surface area (Å²) in [5.41, 5.74) is -0.0106. The molecule has 8 heteroatoms. The van der Waals surface area contributed by atoms with Gasteiger partial charge in [0.25, 0.3) is 10.0 Å². The van der Waals surface area contributed by atoms with Crippen LogP contribution >= 0.6 is 27.5 Å². The quantitative estimate of drug-likeness (QED) is 0.930. The van der Waals surface area contributed by atoms with Gasteiger partial charge in [0.05, 0.1) is 10.7 Å². The molecule has 0 atom stereocenters. The Morgan fingerprint density at radius 1 is 1.40 bits per heavy atom. The Bertz CT molecular complexity index is 466. The normalized spacial score (nSPS) is 11.8. The van der Waals surface area contributed by atoms with Crippen LogP contribution in [0.1, 0.15) is 0 Å². The number of halogens is 4. The molecule has 0 bridgehead atoms. The van der Waals surface area contributed by atoms with E-state index in [0.29, 0.717) is 4.47 Å². The van der Waals surface area contributed by atoms with Crippen molar-refractivity contribution in [2.24, 2.45) is 0 Å². The minimum Gasteiger partial charge on any atom is -0.279 e. The zero-order valence-electron chi connectivity index (χ0n) is 7.05. The van der Waals surface area contributed by atoms with Crippen molar-refractivity contribution in [1.29, 1.82) is 0 Å². The molecule has 0 saturated heterocycles. The molecule has 0 unspecified atom stereocenters. The molecule has 0 amide bonds. The van der Waals surface area contributed by atoms with E-state index in [-0.39, 0.29) is 10.7 Å². The van der Waals surface area contributed by atoms with Crippen molar-refractivity contribution >= 4 is 43.2 Å². The van der Waals surface area contributed by atoms with Gasteiger partial charge in [0.1, 0.15) is 0 Å². The van der Waals surface area contributed by atoms with Crippen molar-refractivity contribution in [2.45, 2.75) is 5.76 Å². The first-order valence-electron chi connectivity index (χ1n) is 3.58. The van der Waals surface area contributed by atoms with Gasteiger partial charge in [-0.2, -0.15) is 8.78 Å². The highest BCUT2D eigenvalue weighted by Gasteiger charge is 2.23. The molecule has 1 aromatic rings. The molecular weight excluding hydrogens is 316 g/mol. The summed E-state index contributed by atoms with van der Waals surface area (Å²) in [5.74, 6) is -3.47. The van der Waals surface area contributed by atoms with E-state index >= 15 is 0 Å². The van der Waals surface area contributed by atoms with Gasteiger partial charge in [-0.1, -0.05) is 11.6 Å². The van der Waals surface area contributed by atoms with Gasteiger partial charge in [-0.05, 0) is 34.1 Å². The lowest BCUT2D eigenvalue weighted by Gasteiger charge is -2.07. The van der Waals surface area contributed by atoms with Gasteiger partial charge in [-0.15, -0.1) is 0 Å². The molecule has 3 nitrogen and oxygen atoms in total. The van der Waals surface area contributed by atoms with Crippen LogP contribution in [0.3, 0.4) is 0 Å². The second-order valence-corrected chi connectivity index (χ2v) is 5.45. The molecule has 0 aliphatic heterocycles. The van der Waals surface area contributed by atoms with Crippen LogP contribution < -0.4 is 4.72 Å². The average Bonchev–Trinajstić information content (AvgIpc) is 2.10. The second-order valence-electron chi connectivity index (χ2n) is 2.54. The third-order valence-electron chi connectivity index (χ3n) is 1.41. The minimum absolute atomic E-state index is 0.0106. The fraction of sp³-hybridized carbons (Fsp3) is 0.143. The summed E-state index contributed by atoms with van der Waals surface area (Å²) in [6.45, 7) is 0. The van der Waals surface area contributed by atoms with E-state index < -0.39 is 15.8 Å². The smallest absolute Gasteiger partial charge is 0.279 e. The van der Waals surface area contributed by atoms with E-state index in [4.69, 9.17) is 11.6 Å². The van der Waals surface area contributed by atoms with Crippen molar-refractivity contribution in [2.75, 3.05) is 4.72 Å². The standard InChI is InChI=1S/C7H5BrClF2NO2S/c8-5-2-1-4(3-6(5)9)12-15(13,14)7(10)11/h1-3,7,12H. The summed E-state index contributed by atoms with van der Waals surface area (Å²) in [6, 6.07) is 3.99. The Hall–Kier alpha value is -0.400. The molecule has 0 saturated carbocycles. The number of sulfonamides is 1. The fourth-order valence-electron chi connectivity index (χ4n) is 0.768. The first-order chi connectivity index (χ1) is 6.83. The summed E-state index contributed by atoms with van der Waals surface area (Å²) in [5, 5.41) is 0.226. The van der Waals surface area contributed by atoms with Gasteiger partial charge < -0.3 is 0 Å². The third-order valence-corrected chi connectivity index (χ3v) is 3.64. The Labute approximate surface area is 98.6 Å². The highest BCUT2D eigenvalue weighted by molar-refractivity contribution is 9.10. The Kier molecular flexibility index (Phi) is 3.91. The average molecular weight is 321 g/mol. The molecule has 1 aromatic carbocycles. The number of alkyl halides is 2. The molecule has 0 aliphatic rings. The van der Waals surface area contributed by atoms with Gasteiger partial charge in [-0.3, -0.25) is 4.72 Å². The summed E-state index contributed by atoms with van der Waals surface area (Å²) in [7, 11) is -4.64. The van der Waals surface area contributed by atoms with E-state index in [2.05, 4.69) is 15.9 Å². The number of hydrogen-bond donors (Lipinski definition) is 1. The second kappa shape index (κ2) is 4.63. The first kappa shape index (κ1) is 12.7. The van der Waals surface area contributed by atoms with Crippen LogP contribution in [0.2, 0.25) is 5.02 Å². The Balaban J connectivity index is 2.96. The van der Waals surface area contributed by atoms with Crippen molar-refractivity contribution in [1.82, 2.24) is 0 Å². The fourth-order valence-corrected chi connectivity index (χ4v) is 1.74. The van der Waals surface area contributed by atoms with Gasteiger partial charge in [-0.25, -0.2) is 8.42 Å². The van der Waals surface area contributed by atoms with E-state index in [9.17, 15) is 17.2 Å². The molecule has 0 spiro atoms. The van der Waals surface area contributed by atoms with E-state index in [0.717, 1.165) is 0 Å². The molecule has 0 aromatic heterocycles. The highest BCUT2D eigenvalue weighted by atomic mass is 79.9. The van der Waals surface area contributed by atoms with Crippen LogP contribution in [0.4, 0.5) is 14.5 Å². The van der Waals surface area contributed by atoms with Gasteiger partial charge >= 0.3 is 5.76 Å². The predicted molar refractivity (Wildman–Crippen MR) is 57.7 cm³/mol. The number of benzene rings is 1. The molecule has 1 N–H and O–H groups in total. The third kappa shape index (κ3) is 3.29. The van der Waals surface area contributed by atoms with Crippen LogP contribution in [0.5, 0.6) is 0 Å². The molecule has 1 rings (SSSR count). The van der Waals surface area contributed by atoms with Crippen molar-refractivity contribution in [3.8, 4) is 0 Å². The van der Waals surface area contributed by atoms with E-state index in [1.54, 1.807) is 4.72 Å². The van der Waals surface area contributed by atoms with E-state index in [1.165, 1.54) is 18.2 Å². The maximum absolute atomic E-state index is 12.0. The molecule has 84 valence electrons. The Morgan fingerprint density at radius 3 is 2.47 bits per heavy atom. The number of rotatable bonds is 3. The van der Waals surface area contributed by atoms with Crippen LogP contribution in [-0.4, -0.2) is 14.2 Å². The van der Waals surface area contributed by atoms with Crippen LogP contribution in [-0.2, 0) is 10.0 Å². The molecule has 15 heavy (non-hydrogen) atoms. The molecule has 0 radical (unpaired) electrons. The lowest BCUT2D eigenvalue weighted by Crippen LogP contribution is -2.20. The molecule has 0 aliphatic carbocycles. The lowest BCUT2D eigenvalue weighted by atomic mass is 10.3. The maximum Gasteiger partial charge on any atom is 0.355 e. The zero-order valence-corrected chi connectivity index (χ0v) is 10.2. The van der Waals surface area contributed by atoms with Gasteiger partial charge in [0, 0.05) is 4.47 Å². The molecule has 0 heterocycles. The molecule has 0 fully saturated rings. The first-order valence-corrected chi connectivity index (χ1v) is 6.29. The largest absolute Gasteiger partial charge is 0.355 e. The number of nitrogens with one attached hydrogen (secondary N) is 1. The number of anilines is 1. The van der Waals surface area contributed by atoms with Crippen molar-refractivity contribution in [3.05, 3.63) is 27.7 Å². The van der Waals surface area contributed by atoms with Gasteiger partial charge in [0.2, 0.25) is 0 Å². The van der Waals surface area contributed by atoms with Crippen molar-refractivity contribution < 1.29 is 17.2 Å². The predicted octanol–water partition coefficient (Wildman–Crippen LogP) is 3.07. The lowest BCUT2D eigenvalue weighted by molar-refractivity contribution is 0.236.